The molecule has 1 amide bonds. The first-order valence-electron chi connectivity index (χ1n) is 7.15. The van der Waals surface area contributed by atoms with E-state index < -0.39 is 0 Å². The summed E-state index contributed by atoms with van der Waals surface area (Å²) in [7, 11) is 0. The molecule has 1 atom stereocenters. The summed E-state index contributed by atoms with van der Waals surface area (Å²) in [6, 6.07) is 7.84. The van der Waals surface area contributed by atoms with Crippen LogP contribution in [0.3, 0.4) is 0 Å². The van der Waals surface area contributed by atoms with E-state index >= 15 is 0 Å². The molecule has 0 aliphatic heterocycles. The lowest BCUT2D eigenvalue weighted by atomic mass is 10.1. The molecule has 0 fully saturated rings. The number of anilines is 1. The fourth-order valence-corrected chi connectivity index (χ4v) is 2.15. The van der Waals surface area contributed by atoms with E-state index in [1.807, 2.05) is 24.3 Å². The minimum atomic E-state index is -0.354. The van der Waals surface area contributed by atoms with Gasteiger partial charge in [0.2, 0.25) is 0 Å². The van der Waals surface area contributed by atoms with Gasteiger partial charge in [0.1, 0.15) is 6.29 Å². The van der Waals surface area contributed by atoms with Gasteiger partial charge in [-0.25, -0.2) is 0 Å². The monoisotopic (exact) mass is 281 g/mol. The van der Waals surface area contributed by atoms with E-state index in [0.29, 0.717) is 5.57 Å². The maximum atomic E-state index is 12.2. The van der Waals surface area contributed by atoms with Crippen LogP contribution >= 0.6 is 0 Å². The fourth-order valence-electron chi connectivity index (χ4n) is 2.15. The summed E-state index contributed by atoms with van der Waals surface area (Å²) in [6.45, 7) is 2.14. The highest BCUT2D eigenvalue weighted by Crippen LogP contribution is 2.15. The third-order valence-corrected chi connectivity index (χ3v) is 3.26. The van der Waals surface area contributed by atoms with E-state index in [0.717, 1.165) is 24.8 Å². The van der Waals surface area contributed by atoms with Crippen LogP contribution in [0, 0.1) is 5.92 Å². The van der Waals surface area contributed by atoms with Gasteiger partial charge in [0.25, 0.3) is 5.91 Å². The quantitative estimate of drug-likeness (QED) is 0.840. The SMILES string of the molecule is CCCc1ccc(NC(=O)C2=CC(C=O)C=CC=C2)cc1. The first kappa shape index (κ1) is 15.0. The Balaban J connectivity index is 2.06. The molecule has 3 heteroatoms. The molecule has 0 aromatic heterocycles. The van der Waals surface area contributed by atoms with Crippen molar-refractivity contribution in [3.8, 4) is 0 Å². The summed E-state index contributed by atoms with van der Waals surface area (Å²) in [5.41, 5.74) is 2.51. The molecular formula is C18H19NO2. The summed E-state index contributed by atoms with van der Waals surface area (Å²) < 4.78 is 0. The Bertz CT molecular complexity index is 594. The molecule has 1 N–H and O–H groups in total. The molecule has 3 nitrogen and oxygen atoms in total. The van der Waals surface area contributed by atoms with Crippen LogP contribution in [0.25, 0.3) is 0 Å². The number of aldehydes is 1. The molecule has 1 aliphatic carbocycles. The Kier molecular flexibility index (Phi) is 5.27. The van der Waals surface area contributed by atoms with Gasteiger partial charge in [-0.3, -0.25) is 4.79 Å². The maximum absolute atomic E-state index is 12.2. The molecule has 0 radical (unpaired) electrons. The number of benzene rings is 1. The second kappa shape index (κ2) is 7.39. The zero-order valence-corrected chi connectivity index (χ0v) is 12.1. The first-order chi connectivity index (χ1) is 10.2. The number of amides is 1. The van der Waals surface area contributed by atoms with E-state index in [2.05, 4.69) is 12.2 Å². The van der Waals surface area contributed by atoms with Crippen molar-refractivity contribution < 1.29 is 9.59 Å². The lowest BCUT2D eigenvalue weighted by molar-refractivity contribution is -0.112. The second-order valence-electron chi connectivity index (χ2n) is 4.98. The standard InChI is InChI=1S/C18H19NO2/c1-2-5-14-8-10-17(11-9-14)19-18(21)16-7-4-3-6-15(12-16)13-20/h3-4,6-13,15H,2,5H2,1H3,(H,19,21). The Labute approximate surface area is 125 Å². The zero-order chi connectivity index (χ0) is 15.1. The summed E-state index contributed by atoms with van der Waals surface area (Å²) >= 11 is 0. The van der Waals surface area contributed by atoms with Crippen LogP contribution in [0.2, 0.25) is 0 Å². The Morgan fingerprint density at radius 2 is 2.00 bits per heavy atom. The molecule has 21 heavy (non-hydrogen) atoms. The van der Waals surface area contributed by atoms with Gasteiger partial charge in [-0.2, -0.15) is 0 Å². The molecule has 108 valence electrons. The Morgan fingerprint density at radius 1 is 1.24 bits per heavy atom. The second-order valence-corrected chi connectivity index (χ2v) is 4.98. The van der Waals surface area contributed by atoms with Gasteiger partial charge in [-0.15, -0.1) is 0 Å². The van der Waals surface area contributed by atoms with E-state index in [4.69, 9.17) is 0 Å². The third-order valence-electron chi connectivity index (χ3n) is 3.26. The first-order valence-corrected chi connectivity index (χ1v) is 7.15. The minimum absolute atomic E-state index is 0.204. The van der Waals surface area contributed by atoms with E-state index in [-0.39, 0.29) is 11.8 Å². The van der Waals surface area contributed by atoms with Crippen molar-refractivity contribution in [2.24, 2.45) is 5.92 Å². The normalized spacial score (nSPS) is 17.0. The number of aryl methyl sites for hydroxylation is 1. The van der Waals surface area contributed by atoms with Gasteiger partial charge < -0.3 is 10.1 Å². The molecule has 1 aromatic carbocycles. The highest BCUT2D eigenvalue weighted by Gasteiger charge is 2.11. The van der Waals surface area contributed by atoms with Crippen LogP contribution in [0.15, 0.2) is 60.2 Å². The van der Waals surface area contributed by atoms with Crippen LogP contribution in [0.5, 0.6) is 0 Å². The van der Waals surface area contributed by atoms with Crippen LogP contribution < -0.4 is 5.32 Å². The van der Waals surface area contributed by atoms with Crippen molar-refractivity contribution in [1.82, 2.24) is 0 Å². The van der Waals surface area contributed by atoms with Crippen LogP contribution in [-0.2, 0) is 16.0 Å². The molecule has 0 saturated heterocycles. The van der Waals surface area contributed by atoms with Gasteiger partial charge in [-0.05, 0) is 30.2 Å². The van der Waals surface area contributed by atoms with Crippen LogP contribution in [0.4, 0.5) is 5.69 Å². The fraction of sp³-hybridized carbons (Fsp3) is 0.222. The summed E-state index contributed by atoms with van der Waals surface area (Å²) in [5.74, 6) is -0.558. The molecular weight excluding hydrogens is 262 g/mol. The van der Waals surface area contributed by atoms with Gasteiger partial charge in [-0.1, -0.05) is 49.8 Å². The van der Waals surface area contributed by atoms with E-state index in [9.17, 15) is 9.59 Å². The van der Waals surface area contributed by atoms with Gasteiger partial charge in [0.15, 0.2) is 0 Å². The highest BCUT2D eigenvalue weighted by atomic mass is 16.1. The molecule has 0 spiro atoms. The smallest absolute Gasteiger partial charge is 0.255 e. The maximum Gasteiger partial charge on any atom is 0.255 e. The van der Waals surface area contributed by atoms with Crippen molar-refractivity contribution in [3.63, 3.8) is 0 Å². The number of carbonyl (C=O) groups excluding carboxylic acids is 2. The van der Waals surface area contributed by atoms with Crippen LogP contribution in [0.1, 0.15) is 18.9 Å². The molecule has 2 rings (SSSR count). The minimum Gasteiger partial charge on any atom is -0.322 e. The van der Waals surface area contributed by atoms with Gasteiger partial charge in [0, 0.05) is 11.3 Å². The zero-order valence-electron chi connectivity index (χ0n) is 12.1. The molecule has 0 heterocycles. The average Bonchev–Trinajstić information content (AvgIpc) is 2.75. The predicted octanol–water partition coefficient (Wildman–Crippen LogP) is 3.45. The highest BCUT2D eigenvalue weighted by molar-refractivity contribution is 6.06. The molecule has 1 aromatic rings. The molecule has 0 saturated carbocycles. The topological polar surface area (TPSA) is 46.2 Å². The number of hydrogen-bond donors (Lipinski definition) is 1. The van der Waals surface area contributed by atoms with Crippen molar-refractivity contribution in [1.29, 1.82) is 0 Å². The van der Waals surface area contributed by atoms with Crippen molar-refractivity contribution in [2.75, 3.05) is 5.32 Å². The summed E-state index contributed by atoms with van der Waals surface area (Å²) in [5, 5.41) is 2.85. The summed E-state index contributed by atoms with van der Waals surface area (Å²) in [6.07, 6.45) is 11.6. The number of carbonyl (C=O) groups is 2. The van der Waals surface area contributed by atoms with Gasteiger partial charge in [0.05, 0.1) is 5.92 Å². The average molecular weight is 281 g/mol. The number of hydrogen-bond acceptors (Lipinski definition) is 2. The predicted molar refractivity (Wildman–Crippen MR) is 85.0 cm³/mol. The van der Waals surface area contributed by atoms with E-state index in [1.54, 1.807) is 30.4 Å². The number of nitrogens with one attached hydrogen (secondary N) is 1. The molecule has 1 aliphatic rings. The Hall–Kier alpha value is -2.42. The van der Waals surface area contributed by atoms with Crippen molar-refractivity contribution in [2.45, 2.75) is 19.8 Å². The Morgan fingerprint density at radius 3 is 2.67 bits per heavy atom. The van der Waals surface area contributed by atoms with Crippen molar-refractivity contribution >= 4 is 17.9 Å². The largest absolute Gasteiger partial charge is 0.322 e. The number of rotatable bonds is 5. The summed E-state index contributed by atoms with van der Waals surface area (Å²) in [4.78, 5) is 23.1. The lowest BCUT2D eigenvalue weighted by Crippen LogP contribution is -2.14. The van der Waals surface area contributed by atoms with Crippen LogP contribution in [-0.4, -0.2) is 12.2 Å². The number of allylic oxidation sites excluding steroid dienone is 4. The van der Waals surface area contributed by atoms with E-state index in [1.165, 1.54) is 5.56 Å². The van der Waals surface area contributed by atoms with Crippen molar-refractivity contribution in [3.05, 3.63) is 65.8 Å². The third kappa shape index (κ3) is 4.28. The molecule has 1 unspecified atom stereocenters. The van der Waals surface area contributed by atoms with Gasteiger partial charge >= 0.3 is 0 Å². The lowest BCUT2D eigenvalue weighted by Gasteiger charge is -2.07. The molecule has 0 bridgehead atoms.